The van der Waals surface area contributed by atoms with E-state index >= 15 is 0 Å². The Bertz CT molecular complexity index is 390. The molecule has 2 aliphatic rings. The Morgan fingerprint density at radius 3 is 2.62 bits per heavy atom. The van der Waals surface area contributed by atoms with E-state index in [1.807, 2.05) is 17.8 Å². The summed E-state index contributed by atoms with van der Waals surface area (Å²) in [6, 6.07) is 10.5. The smallest absolute Gasteiger partial charge is 0.116 e. The molecule has 0 heterocycles. The van der Waals surface area contributed by atoms with Crippen molar-refractivity contribution in [1.82, 2.24) is 0 Å². The lowest BCUT2D eigenvalue weighted by Gasteiger charge is -2.34. The van der Waals surface area contributed by atoms with E-state index in [9.17, 15) is 0 Å². The van der Waals surface area contributed by atoms with E-state index in [1.165, 1.54) is 24.2 Å². The van der Waals surface area contributed by atoms with Gasteiger partial charge in [-0.25, -0.2) is 0 Å². The number of alkyl halides is 2. The Balaban J connectivity index is 1.85. The fourth-order valence-corrected chi connectivity index (χ4v) is 5.27. The molecule has 2 aliphatic carbocycles. The Hall–Kier alpha value is 0.150. The van der Waals surface area contributed by atoms with Gasteiger partial charge in [0.1, 0.15) is 4.33 Å². The minimum Gasteiger partial charge on any atom is -0.116 e. The molecule has 0 spiro atoms. The van der Waals surface area contributed by atoms with Crippen LogP contribution >= 0.6 is 35.0 Å². The van der Waals surface area contributed by atoms with Crippen LogP contribution in [0, 0.1) is 5.92 Å². The summed E-state index contributed by atoms with van der Waals surface area (Å²) in [5.74, 6) is 0.724. The lowest BCUT2D eigenvalue weighted by molar-refractivity contribution is 0.479. The zero-order valence-electron chi connectivity index (χ0n) is 8.96. The van der Waals surface area contributed by atoms with Crippen LogP contribution in [-0.2, 0) is 0 Å². The molecule has 0 nitrogen and oxygen atoms in total. The number of hydrogen-bond donors (Lipinski definition) is 0. The highest BCUT2D eigenvalue weighted by Gasteiger charge is 2.67. The molecule has 0 aromatic heterocycles. The molecule has 3 heteroatoms. The first-order valence-corrected chi connectivity index (χ1v) is 7.33. The summed E-state index contributed by atoms with van der Waals surface area (Å²) >= 11 is 14.9. The van der Waals surface area contributed by atoms with Crippen LogP contribution in [0.2, 0.25) is 0 Å². The predicted molar refractivity (Wildman–Crippen MR) is 71.4 cm³/mol. The fourth-order valence-electron chi connectivity index (χ4n) is 2.77. The predicted octanol–water partition coefficient (Wildman–Crippen LogP) is 4.90. The van der Waals surface area contributed by atoms with Crippen LogP contribution in [0.4, 0.5) is 0 Å². The highest BCUT2D eigenvalue weighted by molar-refractivity contribution is 8.01. The average molecular weight is 273 g/mol. The quantitative estimate of drug-likeness (QED) is 0.691. The summed E-state index contributed by atoms with van der Waals surface area (Å²) in [6.07, 6.45) is 4.59. The standard InChI is InChI=1S/C13H14Cl2S/c14-13(15)8-4-5-10-9-12(10,13)16-11-6-2-1-3-7-11/h1-3,6-7,10H,4-5,8-9H2. The molecule has 0 radical (unpaired) electrons. The number of rotatable bonds is 2. The number of thioether (sulfide) groups is 1. The van der Waals surface area contributed by atoms with Crippen molar-refractivity contribution in [3.63, 3.8) is 0 Å². The van der Waals surface area contributed by atoms with Gasteiger partial charge in [0, 0.05) is 4.90 Å². The highest BCUT2D eigenvalue weighted by atomic mass is 35.5. The van der Waals surface area contributed by atoms with Crippen molar-refractivity contribution in [3.05, 3.63) is 30.3 Å². The van der Waals surface area contributed by atoms with Crippen LogP contribution in [0.15, 0.2) is 35.2 Å². The van der Waals surface area contributed by atoms with Crippen LogP contribution in [0.5, 0.6) is 0 Å². The summed E-state index contributed by atoms with van der Waals surface area (Å²) in [7, 11) is 0. The summed E-state index contributed by atoms with van der Waals surface area (Å²) in [5, 5.41) is 0. The van der Waals surface area contributed by atoms with E-state index in [0.29, 0.717) is 0 Å². The third-order valence-electron chi connectivity index (χ3n) is 3.75. The molecule has 2 fully saturated rings. The van der Waals surface area contributed by atoms with Gasteiger partial charge in [0.2, 0.25) is 0 Å². The maximum absolute atomic E-state index is 6.52. The Labute approximate surface area is 111 Å². The van der Waals surface area contributed by atoms with Gasteiger partial charge in [0.15, 0.2) is 0 Å². The molecule has 2 atom stereocenters. The van der Waals surface area contributed by atoms with Gasteiger partial charge in [-0.3, -0.25) is 0 Å². The molecule has 0 bridgehead atoms. The van der Waals surface area contributed by atoms with Gasteiger partial charge in [-0.15, -0.1) is 35.0 Å². The number of halogens is 2. The highest BCUT2D eigenvalue weighted by Crippen LogP contribution is 2.71. The number of hydrogen-bond acceptors (Lipinski definition) is 1. The second-order valence-corrected chi connectivity index (χ2v) is 7.69. The summed E-state index contributed by atoms with van der Waals surface area (Å²) < 4.78 is -0.438. The fraction of sp³-hybridized carbons (Fsp3) is 0.538. The molecule has 16 heavy (non-hydrogen) atoms. The van der Waals surface area contributed by atoms with Gasteiger partial charge in [0.05, 0.1) is 4.75 Å². The normalized spacial score (nSPS) is 35.5. The first-order valence-electron chi connectivity index (χ1n) is 5.76. The minimum absolute atomic E-state index is 0.0930. The SMILES string of the molecule is ClC1(Cl)CCCC2CC21Sc1ccccc1. The molecular formula is C13H14Cl2S. The first kappa shape index (κ1) is 11.3. The van der Waals surface area contributed by atoms with Crippen LogP contribution in [0.1, 0.15) is 25.7 Å². The Kier molecular flexibility index (Phi) is 2.69. The zero-order valence-corrected chi connectivity index (χ0v) is 11.3. The van der Waals surface area contributed by atoms with Gasteiger partial charge in [-0.05, 0) is 37.3 Å². The van der Waals surface area contributed by atoms with Gasteiger partial charge in [-0.1, -0.05) is 24.6 Å². The molecule has 2 unspecified atom stereocenters. The molecule has 0 amide bonds. The summed E-state index contributed by atoms with van der Waals surface area (Å²) in [6.45, 7) is 0. The van der Waals surface area contributed by atoms with Crippen molar-refractivity contribution in [2.45, 2.75) is 39.7 Å². The lowest BCUT2D eigenvalue weighted by Crippen LogP contribution is -2.35. The average Bonchev–Trinajstić information content (AvgIpc) is 2.95. The molecular weight excluding hydrogens is 259 g/mol. The van der Waals surface area contributed by atoms with E-state index in [0.717, 1.165) is 12.3 Å². The second kappa shape index (κ2) is 3.83. The van der Waals surface area contributed by atoms with Crippen molar-refractivity contribution in [3.8, 4) is 0 Å². The third kappa shape index (κ3) is 1.68. The largest absolute Gasteiger partial charge is 0.133 e. The van der Waals surface area contributed by atoms with E-state index in [1.54, 1.807) is 0 Å². The van der Waals surface area contributed by atoms with E-state index < -0.39 is 4.33 Å². The molecule has 0 saturated heterocycles. The zero-order chi connectivity index (χ0) is 11.2. The first-order chi connectivity index (χ1) is 7.64. The van der Waals surface area contributed by atoms with E-state index in [2.05, 4.69) is 24.3 Å². The topological polar surface area (TPSA) is 0 Å². The summed E-state index contributed by atoms with van der Waals surface area (Å²) in [4.78, 5) is 1.29. The van der Waals surface area contributed by atoms with Crippen LogP contribution in [0.25, 0.3) is 0 Å². The van der Waals surface area contributed by atoms with Crippen molar-refractivity contribution >= 4 is 35.0 Å². The van der Waals surface area contributed by atoms with Crippen LogP contribution in [0.3, 0.4) is 0 Å². The van der Waals surface area contributed by atoms with Gasteiger partial charge >= 0.3 is 0 Å². The van der Waals surface area contributed by atoms with E-state index in [-0.39, 0.29) is 4.75 Å². The van der Waals surface area contributed by atoms with Gasteiger partial charge < -0.3 is 0 Å². The summed E-state index contributed by atoms with van der Waals surface area (Å²) in [5.41, 5.74) is 0. The van der Waals surface area contributed by atoms with Crippen molar-refractivity contribution < 1.29 is 0 Å². The Morgan fingerprint density at radius 1 is 1.19 bits per heavy atom. The number of benzene rings is 1. The van der Waals surface area contributed by atoms with Crippen molar-refractivity contribution in [1.29, 1.82) is 0 Å². The number of fused-ring (bicyclic) bond motifs is 1. The Morgan fingerprint density at radius 2 is 1.94 bits per heavy atom. The van der Waals surface area contributed by atoms with Crippen LogP contribution < -0.4 is 0 Å². The molecule has 1 aromatic carbocycles. The van der Waals surface area contributed by atoms with E-state index in [4.69, 9.17) is 23.2 Å². The maximum Gasteiger partial charge on any atom is 0.133 e. The van der Waals surface area contributed by atoms with Crippen molar-refractivity contribution in [2.75, 3.05) is 0 Å². The molecule has 0 N–H and O–H groups in total. The minimum atomic E-state index is -0.531. The molecule has 2 saturated carbocycles. The third-order valence-corrected chi connectivity index (χ3v) is 6.75. The molecule has 0 aliphatic heterocycles. The second-order valence-electron chi connectivity index (χ2n) is 4.80. The molecule has 3 rings (SSSR count). The van der Waals surface area contributed by atoms with Gasteiger partial charge in [0.25, 0.3) is 0 Å². The lowest BCUT2D eigenvalue weighted by atomic mass is 9.99. The van der Waals surface area contributed by atoms with Crippen molar-refractivity contribution in [2.24, 2.45) is 5.92 Å². The molecule has 1 aromatic rings. The van der Waals surface area contributed by atoms with Crippen LogP contribution in [-0.4, -0.2) is 9.08 Å². The molecule has 86 valence electrons. The van der Waals surface area contributed by atoms with Gasteiger partial charge in [-0.2, -0.15) is 0 Å². The monoisotopic (exact) mass is 272 g/mol. The maximum atomic E-state index is 6.52.